The molecule has 0 bridgehead atoms. The summed E-state index contributed by atoms with van der Waals surface area (Å²) in [6.45, 7) is 10.0. The molecule has 20 heavy (non-hydrogen) atoms. The molecule has 114 valence electrons. The van der Waals surface area contributed by atoms with Gasteiger partial charge in [0.2, 0.25) is 0 Å². The predicted octanol–water partition coefficient (Wildman–Crippen LogP) is 5.01. The number of nitrogens with one attached hydrogen (secondary N) is 1. The van der Waals surface area contributed by atoms with E-state index < -0.39 is 5.97 Å². The van der Waals surface area contributed by atoms with E-state index >= 15 is 0 Å². The Hall–Kier alpha value is -1.26. The highest BCUT2D eigenvalue weighted by molar-refractivity contribution is 6.36. The normalized spacial score (nSPS) is 8.95. The first kappa shape index (κ1) is 21.0. The molecule has 0 saturated heterocycles. The Balaban J connectivity index is 0. The molecule has 0 aromatic heterocycles. The maximum Gasteiger partial charge on any atom is 0.351 e. The minimum absolute atomic E-state index is 0.312. The lowest BCUT2D eigenvalue weighted by Crippen LogP contribution is -2.06. The van der Waals surface area contributed by atoms with Crippen LogP contribution in [0.25, 0.3) is 0 Å². The van der Waals surface area contributed by atoms with E-state index in [0.29, 0.717) is 22.3 Å². The third kappa shape index (κ3) is 9.64. The van der Waals surface area contributed by atoms with Crippen molar-refractivity contribution in [2.24, 2.45) is 5.10 Å². The van der Waals surface area contributed by atoms with Crippen LogP contribution in [0.3, 0.4) is 0 Å². The van der Waals surface area contributed by atoms with E-state index in [4.69, 9.17) is 23.2 Å². The Morgan fingerprint density at radius 1 is 1.30 bits per heavy atom. The van der Waals surface area contributed by atoms with Crippen molar-refractivity contribution in [2.45, 2.75) is 34.6 Å². The van der Waals surface area contributed by atoms with Crippen LogP contribution in [0.5, 0.6) is 0 Å². The largest absolute Gasteiger partial charge is 0.462 e. The third-order valence-electron chi connectivity index (χ3n) is 1.57. The van der Waals surface area contributed by atoms with Gasteiger partial charge in [-0.1, -0.05) is 50.9 Å². The van der Waals surface area contributed by atoms with Gasteiger partial charge in [-0.2, -0.15) is 5.10 Å². The number of benzene rings is 1. The van der Waals surface area contributed by atoms with Crippen LogP contribution in [0.4, 0.5) is 5.69 Å². The number of carbonyl (C=O) groups is 1. The molecule has 0 spiro atoms. The molecule has 4 nitrogen and oxygen atoms in total. The van der Waals surface area contributed by atoms with Crippen LogP contribution in [-0.4, -0.2) is 18.8 Å². The third-order valence-corrected chi connectivity index (χ3v) is 2.12. The van der Waals surface area contributed by atoms with E-state index in [9.17, 15) is 4.79 Å². The van der Waals surface area contributed by atoms with Crippen molar-refractivity contribution in [3.8, 4) is 0 Å². The molecule has 0 aliphatic rings. The number of hydrogen-bond donors (Lipinski definition) is 1. The lowest BCUT2D eigenvalue weighted by molar-refractivity contribution is -0.134. The van der Waals surface area contributed by atoms with Crippen LogP contribution in [0.1, 0.15) is 34.6 Å². The van der Waals surface area contributed by atoms with Crippen LogP contribution in [0.2, 0.25) is 10.0 Å². The van der Waals surface area contributed by atoms with Crippen LogP contribution in [0, 0.1) is 0 Å². The molecule has 1 aromatic carbocycles. The van der Waals surface area contributed by atoms with E-state index in [-0.39, 0.29) is 0 Å². The maximum atomic E-state index is 10.9. The number of esters is 1. The van der Waals surface area contributed by atoms with Gasteiger partial charge in [0.1, 0.15) is 6.21 Å². The SMILES string of the molecule is CC.CC.CCOC(=O)/C=N/Nc1ccc(Cl)cc1Cl. The van der Waals surface area contributed by atoms with Crippen molar-refractivity contribution in [1.82, 2.24) is 0 Å². The van der Waals surface area contributed by atoms with Gasteiger partial charge in [-0.3, -0.25) is 5.43 Å². The van der Waals surface area contributed by atoms with Crippen LogP contribution < -0.4 is 5.43 Å². The molecular formula is C14H22Cl2N2O2. The fourth-order valence-electron chi connectivity index (χ4n) is 0.914. The van der Waals surface area contributed by atoms with Crippen molar-refractivity contribution in [3.05, 3.63) is 28.2 Å². The molecule has 0 fully saturated rings. The molecule has 0 aliphatic carbocycles. The van der Waals surface area contributed by atoms with Crippen LogP contribution in [0.15, 0.2) is 23.3 Å². The molecule has 1 rings (SSSR count). The second kappa shape index (κ2) is 14.2. The Labute approximate surface area is 131 Å². The number of carbonyl (C=O) groups excluding carboxylic acids is 1. The molecule has 0 amide bonds. The zero-order valence-electron chi connectivity index (χ0n) is 12.5. The van der Waals surface area contributed by atoms with Crippen molar-refractivity contribution >= 4 is 41.1 Å². The summed E-state index contributed by atoms with van der Waals surface area (Å²) in [5.74, 6) is -0.514. The summed E-state index contributed by atoms with van der Waals surface area (Å²) in [5.41, 5.74) is 3.17. The quantitative estimate of drug-likeness (QED) is 0.482. The number of hydrazone groups is 1. The van der Waals surface area contributed by atoms with E-state index in [1.165, 1.54) is 0 Å². The first-order chi connectivity index (χ1) is 9.63. The smallest absolute Gasteiger partial charge is 0.351 e. The monoisotopic (exact) mass is 320 g/mol. The van der Waals surface area contributed by atoms with Gasteiger partial charge >= 0.3 is 5.97 Å². The predicted molar refractivity (Wildman–Crippen MR) is 87.9 cm³/mol. The summed E-state index contributed by atoms with van der Waals surface area (Å²) in [4.78, 5) is 10.9. The zero-order valence-corrected chi connectivity index (χ0v) is 14.0. The fourth-order valence-corrected chi connectivity index (χ4v) is 1.36. The molecule has 0 saturated carbocycles. The highest BCUT2D eigenvalue weighted by Crippen LogP contribution is 2.25. The second-order valence-electron chi connectivity index (χ2n) is 2.75. The van der Waals surface area contributed by atoms with Gasteiger partial charge in [-0.25, -0.2) is 4.79 Å². The lowest BCUT2D eigenvalue weighted by atomic mass is 10.3. The van der Waals surface area contributed by atoms with Crippen molar-refractivity contribution < 1.29 is 9.53 Å². The average molecular weight is 321 g/mol. The molecule has 0 aliphatic heterocycles. The number of rotatable bonds is 4. The summed E-state index contributed by atoms with van der Waals surface area (Å²) in [6, 6.07) is 4.90. The second-order valence-corrected chi connectivity index (χ2v) is 3.59. The van der Waals surface area contributed by atoms with E-state index in [1.54, 1.807) is 25.1 Å². The number of anilines is 1. The number of hydrogen-bond acceptors (Lipinski definition) is 4. The minimum atomic E-state index is -0.514. The Morgan fingerprint density at radius 2 is 1.90 bits per heavy atom. The van der Waals surface area contributed by atoms with Gasteiger partial charge in [0.15, 0.2) is 0 Å². The Morgan fingerprint density at radius 3 is 2.40 bits per heavy atom. The summed E-state index contributed by atoms with van der Waals surface area (Å²) < 4.78 is 4.65. The average Bonchev–Trinajstić information content (AvgIpc) is 2.46. The van der Waals surface area contributed by atoms with Gasteiger partial charge in [-0.15, -0.1) is 0 Å². The zero-order chi connectivity index (χ0) is 16.0. The van der Waals surface area contributed by atoms with Crippen LogP contribution in [-0.2, 0) is 9.53 Å². The van der Waals surface area contributed by atoms with Crippen molar-refractivity contribution in [1.29, 1.82) is 0 Å². The van der Waals surface area contributed by atoms with Crippen LogP contribution >= 0.6 is 23.2 Å². The molecule has 0 unspecified atom stereocenters. The minimum Gasteiger partial charge on any atom is -0.462 e. The van der Waals surface area contributed by atoms with E-state index in [0.717, 1.165) is 6.21 Å². The lowest BCUT2D eigenvalue weighted by Gasteiger charge is -2.02. The highest BCUT2D eigenvalue weighted by atomic mass is 35.5. The topological polar surface area (TPSA) is 50.7 Å². The van der Waals surface area contributed by atoms with Crippen molar-refractivity contribution in [3.63, 3.8) is 0 Å². The molecule has 1 N–H and O–H groups in total. The summed E-state index contributed by atoms with van der Waals surface area (Å²) in [5, 5.41) is 4.63. The van der Waals surface area contributed by atoms with Gasteiger partial charge in [0.05, 0.1) is 17.3 Å². The first-order valence-corrected chi connectivity index (χ1v) is 7.30. The van der Waals surface area contributed by atoms with E-state index in [1.807, 2.05) is 27.7 Å². The van der Waals surface area contributed by atoms with Crippen molar-refractivity contribution in [2.75, 3.05) is 12.0 Å². The van der Waals surface area contributed by atoms with Gasteiger partial charge in [0.25, 0.3) is 0 Å². The van der Waals surface area contributed by atoms with Gasteiger partial charge < -0.3 is 4.74 Å². The number of nitrogens with zero attached hydrogens (tertiary/aromatic N) is 1. The highest BCUT2D eigenvalue weighted by Gasteiger charge is 1.99. The number of ether oxygens (including phenoxy) is 1. The Kier molecular flexibility index (Phi) is 14.9. The molecular weight excluding hydrogens is 299 g/mol. The fraction of sp³-hybridized carbons (Fsp3) is 0.429. The molecule has 6 heteroatoms. The summed E-state index contributed by atoms with van der Waals surface area (Å²) in [6.07, 6.45) is 1.04. The Bertz CT molecular complexity index is 410. The van der Waals surface area contributed by atoms with Gasteiger partial charge in [-0.05, 0) is 25.1 Å². The maximum absolute atomic E-state index is 10.9. The molecule has 0 atom stereocenters. The molecule has 0 radical (unpaired) electrons. The summed E-state index contributed by atoms with van der Waals surface area (Å²) >= 11 is 11.6. The standard InChI is InChI=1S/C10H10Cl2N2O2.2C2H6/c1-2-16-10(15)6-13-14-9-4-3-7(11)5-8(9)12;2*1-2/h3-6,14H,2H2,1H3;2*1-2H3/b13-6+;;. The molecule has 0 heterocycles. The first-order valence-electron chi connectivity index (χ1n) is 6.54. The van der Waals surface area contributed by atoms with E-state index in [2.05, 4.69) is 15.3 Å². The number of halogens is 2. The molecule has 1 aromatic rings. The van der Waals surface area contributed by atoms with Gasteiger partial charge in [0, 0.05) is 5.02 Å². The summed E-state index contributed by atoms with van der Waals surface area (Å²) in [7, 11) is 0.